The molecule has 1 atom stereocenters. The molecule has 1 aromatic rings. The molecule has 0 aliphatic carbocycles. The van der Waals surface area contributed by atoms with E-state index >= 15 is 0 Å². The molecule has 1 aromatic carbocycles. The van der Waals surface area contributed by atoms with Gasteiger partial charge in [0, 0.05) is 35.7 Å². The molecule has 0 amide bonds. The second-order valence-corrected chi connectivity index (χ2v) is 9.17. The number of phenolic OH excluding ortho intramolecular Hbond substituents is 1. The Balaban J connectivity index is 1.56. The van der Waals surface area contributed by atoms with Gasteiger partial charge < -0.3 is 19.3 Å². The van der Waals surface area contributed by atoms with Gasteiger partial charge in [0.1, 0.15) is 30.3 Å². The summed E-state index contributed by atoms with van der Waals surface area (Å²) in [5.74, 6) is 0.474. The first-order chi connectivity index (χ1) is 14.9. The van der Waals surface area contributed by atoms with Crippen molar-refractivity contribution in [3.8, 4) is 11.5 Å². The van der Waals surface area contributed by atoms with Crippen molar-refractivity contribution in [3.05, 3.63) is 45.5 Å². The van der Waals surface area contributed by atoms with Crippen molar-refractivity contribution >= 4 is 34.0 Å². The smallest absolute Gasteiger partial charge is 0.342 e. The zero-order valence-electron chi connectivity index (χ0n) is 18.0. The lowest BCUT2D eigenvalue weighted by atomic mass is 9.94. The van der Waals surface area contributed by atoms with Gasteiger partial charge in [0.25, 0.3) is 0 Å². The summed E-state index contributed by atoms with van der Waals surface area (Å²) < 4.78 is 15.9. The minimum absolute atomic E-state index is 0.0202. The number of phenols is 1. The Hall–Kier alpha value is -2.87. The maximum absolute atomic E-state index is 12.0. The summed E-state index contributed by atoms with van der Waals surface area (Å²) in [5.41, 5.74) is 3.21. The third kappa shape index (κ3) is 5.44. The number of rotatable bonds is 9. The van der Waals surface area contributed by atoms with Crippen LogP contribution in [0.4, 0.5) is 0 Å². The van der Waals surface area contributed by atoms with Gasteiger partial charge in [-0.1, -0.05) is 11.6 Å². The van der Waals surface area contributed by atoms with E-state index in [-0.39, 0.29) is 40.8 Å². The number of methoxy groups -OCH3 is 1. The highest BCUT2D eigenvalue weighted by atomic mass is 32.2. The van der Waals surface area contributed by atoms with E-state index in [1.54, 1.807) is 12.4 Å². The van der Waals surface area contributed by atoms with Gasteiger partial charge in [0.2, 0.25) is 0 Å². The predicted molar refractivity (Wildman–Crippen MR) is 122 cm³/mol. The van der Waals surface area contributed by atoms with Gasteiger partial charge in [-0.2, -0.15) is 10.5 Å². The van der Waals surface area contributed by atoms with Crippen LogP contribution in [0.15, 0.2) is 28.2 Å². The summed E-state index contributed by atoms with van der Waals surface area (Å²) in [6.07, 6.45) is 6.67. The van der Waals surface area contributed by atoms with Crippen molar-refractivity contribution < 1.29 is 28.9 Å². The number of hydrogen-bond acceptors (Lipinski definition) is 7. The lowest BCUT2D eigenvalue weighted by molar-refractivity contribution is -0.142. The summed E-state index contributed by atoms with van der Waals surface area (Å²) in [6, 6.07) is 0. The molecule has 8 heteroatoms. The van der Waals surface area contributed by atoms with Gasteiger partial charge in [-0.05, 0) is 43.0 Å². The number of hydrogen-bond donors (Lipinski definition) is 1. The number of ether oxygens (including phenoxy) is 3. The van der Waals surface area contributed by atoms with Crippen LogP contribution < -0.4 is 4.74 Å². The minimum Gasteiger partial charge on any atom is -0.507 e. The molecule has 0 spiro atoms. The molecular weight excluding hydrogens is 418 g/mol. The molecule has 7 nitrogen and oxygen atoms in total. The summed E-state index contributed by atoms with van der Waals surface area (Å²) in [6.45, 7) is 4.30. The molecule has 2 heterocycles. The fraction of sp³-hybridized carbons (Fsp3) is 0.391. The largest absolute Gasteiger partial charge is 0.507 e. The van der Waals surface area contributed by atoms with Gasteiger partial charge in [-0.25, -0.2) is 4.79 Å². The molecule has 0 aromatic heterocycles. The molecule has 0 bridgehead atoms. The van der Waals surface area contributed by atoms with Crippen molar-refractivity contribution in [1.82, 2.24) is 0 Å². The van der Waals surface area contributed by atoms with Gasteiger partial charge in [0.05, 0.1) is 7.11 Å². The summed E-state index contributed by atoms with van der Waals surface area (Å²) in [7, 11) is 1.52. The standard InChI is InChI=1S/C23H27NO6S/c1-15(5-7-19(25)29-10-13-31-11-8-24-9-12-31)4-6-17-21(26)20-18(14-30-23(20)27)16(2)22(17)28-3/h4,8-9,11-12,26H,5-7,10,13-14H2,1-3H3/b15-4+. The van der Waals surface area contributed by atoms with Crippen molar-refractivity contribution in [2.45, 2.75) is 39.7 Å². The number of aliphatic imine (C=N–C) groups is 1. The van der Waals surface area contributed by atoms with Gasteiger partial charge in [-0.3, -0.25) is 9.79 Å². The fourth-order valence-electron chi connectivity index (χ4n) is 3.49. The molecule has 3 rings (SSSR count). The van der Waals surface area contributed by atoms with E-state index in [9.17, 15) is 14.7 Å². The molecule has 0 saturated carbocycles. The Bertz CT molecular complexity index is 1010. The van der Waals surface area contributed by atoms with Crippen molar-refractivity contribution in [1.29, 1.82) is 0 Å². The first-order valence-electron chi connectivity index (χ1n) is 10.0. The van der Waals surface area contributed by atoms with Crippen molar-refractivity contribution in [2.75, 3.05) is 19.5 Å². The number of carbonyl (C=O) groups excluding carboxylic acids is 2. The van der Waals surface area contributed by atoms with Gasteiger partial charge in [0.15, 0.2) is 0 Å². The number of aromatic hydroxyl groups is 1. The van der Waals surface area contributed by atoms with E-state index in [1.807, 2.05) is 30.7 Å². The number of fused-ring (bicyclic) bond motifs is 1. The maximum Gasteiger partial charge on any atom is 0.342 e. The average Bonchev–Trinajstić information content (AvgIpc) is 3.16. The second kappa shape index (κ2) is 10.4. The highest BCUT2D eigenvalue weighted by molar-refractivity contribution is 8.18. The third-order valence-corrected chi connectivity index (χ3v) is 6.83. The quantitative estimate of drug-likeness (QED) is 0.353. The van der Waals surface area contributed by atoms with Crippen LogP contribution in [0.3, 0.4) is 0 Å². The van der Waals surface area contributed by atoms with E-state index in [2.05, 4.69) is 4.99 Å². The Kier molecular flexibility index (Phi) is 7.68. The Labute approximate surface area is 184 Å². The van der Waals surface area contributed by atoms with Crippen LogP contribution in [0.2, 0.25) is 0 Å². The maximum atomic E-state index is 12.0. The molecule has 1 N–H and O–H groups in total. The Morgan fingerprint density at radius 1 is 1.39 bits per heavy atom. The number of nitrogens with zero attached hydrogens (tertiary/aromatic N) is 1. The predicted octanol–water partition coefficient (Wildman–Crippen LogP) is 3.82. The van der Waals surface area contributed by atoms with Gasteiger partial charge >= 0.3 is 11.9 Å². The van der Waals surface area contributed by atoms with Crippen LogP contribution in [0, 0.1) is 6.92 Å². The number of allylic oxidation sites excluding steroid dienone is 2. The molecule has 2 aliphatic heterocycles. The number of cyclic esters (lactones) is 1. The van der Waals surface area contributed by atoms with Crippen molar-refractivity contribution in [3.63, 3.8) is 0 Å². The monoisotopic (exact) mass is 445 g/mol. The molecule has 1 unspecified atom stereocenters. The highest BCUT2D eigenvalue weighted by Gasteiger charge is 2.31. The first kappa shape index (κ1) is 22.8. The number of esters is 2. The molecule has 166 valence electrons. The van der Waals surface area contributed by atoms with E-state index in [4.69, 9.17) is 14.2 Å². The zero-order valence-corrected chi connectivity index (χ0v) is 18.8. The second-order valence-electron chi connectivity index (χ2n) is 7.28. The topological polar surface area (TPSA) is 94.4 Å². The van der Waals surface area contributed by atoms with Crippen LogP contribution in [0.1, 0.15) is 46.8 Å². The number of carbonyl (C=O) groups is 2. The zero-order chi connectivity index (χ0) is 22.4. The fourth-order valence-corrected chi connectivity index (χ4v) is 4.58. The van der Waals surface area contributed by atoms with E-state index < -0.39 is 5.97 Å². The summed E-state index contributed by atoms with van der Waals surface area (Å²) >= 11 is 0. The minimum atomic E-state index is -0.517. The SMILES string of the molecule is COc1c(C)c2c(c(O)c1C/C=C(\C)CCC(=O)OCCS1=CC=NC=C1)C(=O)OC2. The molecular formula is C23H27NO6S. The average molecular weight is 446 g/mol. The van der Waals surface area contributed by atoms with Crippen LogP contribution >= 0.6 is 10.5 Å². The molecule has 0 saturated heterocycles. The third-order valence-electron chi connectivity index (χ3n) is 5.25. The molecule has 2 aliphatic rings. The van der Waals surface area contributed by atoms with E-state index in [0.717, 1.165) is 16.9 Å². The Morgan fingerprint density at radius 3 is 2.90 bits per heavy atom. The lowest BCUT2D eigenvalue weighted by Crippen LogP contribution is -2.08. The molecule has 0 fully saturated rings. The normalized spacial score (nSPS) is 17.2. The van der Waals surface area contributed by atoms with Gasteiger partial charge in [-0.15, -0.1) is 0 Å². The summed E-state index contributed by atoms with van der Waals surface area (Å²) in [4.78, 5) is 28.0. The van der Waals surface area contributed by atoms with Crippen LogP contribution in [0.5, 0.6) is 11.5 Å². The van der Waals surface area contributed by atoms with Crippen LogP contribution in [0.25, 0.3) is 0 Å². The van der Waals surface area contributed by atoms with E-state index in [1.165, 1.54) is 7.11 Å². The molecule has 0 radical (unpaired) electrons. The highest BCUT2D eigenvalue weighted by Crippen LogP contribution is 2.42. The summed E-state index contributed by atoms with van der Waals surface area (Å²) in [5, 5.41) is 14.7. The lowest BCUT2D eigenvalue weighted by Gasteiger charge is -2.15. The Morgan fingerprint density at radius 2 is 2.19 bits per heavy atom. The van der Waals surface area contributed by atoms with Crippen molar-refractivity contribution in [2.24, 2.45) is 4.99 Å². The van der Waals surface area contributed by atoms with Crippen LogP contribution in [-0.4, -0.2) is 48.1 Å². The number of benzene rings is 1. The van der Waals surface area contributed by atoms with Crippen LogP contribution in [-0.2, 0) is 27.3 Å². The first-order valence-corrected chi connectivity index (χ1v) is 11.6. The molecule has 31 heavy (non-hydrogen) atoms. The van der Waals surface area contributed by atoms with E-state index in [0.29, 0.717) is 36.3 Å².